The van der Waals surface area contributed by atoms with Crippen LogP contribution in [0, 0.1) is 25.7 Å². The van der Waals surface area contributed by atoms with Gasteiger partial charge in [-0.2, -0.15) is 29.2 Å². The second-order valence-corrected chi connectivity index (χ2v) is 19.3. The molecule has 0 unspecified atom stereocenters. The molecular formula is C47H60N14O5. The maximum Gasteiger partial charge on any atom is 0.320 e. The molecule has 5 atom stereocenters. The van der Waals surface area contributed by atoms with E-state index in [0.29, 0.717) is 66.6 Å². The Labute approximate surface area is 383 Å². The molecule has 19 nitrogen and oxygen atoms in total. The lowest BCUT2D eigenvalue weighted by atomic mass is 10.0. The lowest BCUT2D eigenvalue weighted by Crippen LogP contribution is -2.31. The minimum atomic E-state index is -0.264. The van der Waals surface area contributed by atoms with E-state index in [9.17, 15) is 9.59 Å². The molecule has 7 aromatic rings. The topological polar surface area (TPSA) is 199 Å². The summed E-state index contributed by atoms with van der Waals surface area (Å²) in [6.45, 7) is 23.4. The van der Waals surface area contributed by atoms with Crippen molar-refractivity contribution in [2.45, 2.75) is 118 Å². The van der Waals surface area contributed by atoms with E-state index in [-0.39, 0.29) is 53.0 Å². The van der Waals surface area contributed by atoms with Crippen molar-refractivity contribution in [1.82, 2.24) is 68.9 Å². The summed E-state index contributed by atoms with van der Waals surface area (Å²) in [4.78, 5) is 45.0. The highest BCUT2D eigenvalue weighted by Gasteiger charge is 2.37. The smallest absolute Gasteiger partial charge is 0.320 e. The fraction of sp³-hybridized carbons (Fsp3) is 0.489. The van der Waals surface area contributed by atoms with Gasteiger partial charge < -0.3 is 24.4 Å². The third-order valence-electron chi connectivity index (χ3n) is 12.1. The maximum atomic E-state index is 13.0. The first-order valence-corrected chi connectivity index (χ1v) is 22.4. The van der Waals surface area contributed by atoms with Crippen LogP contribution in [0.1, 0.15) is 98.4 Å². The van der Waals surface area contributed by atoms with E-state index in [1.165, 1.54) is 0 Å². The number of amides is 2. The Morgan fingerprint density at radius 2 is 1.20 bits per heavy atom. The number of methoxy groups -OCH3 is 1. The molecule has 2 aliphatic rings. The molecule has 1 N–H and O–H groups in total. The van der Waals surface area contributed by atoms with Gasteiger partial charge in [0.05, 0.1) is 48.0 Å². The van der Waals surface area contributed by atoms with Crippen LogP contribution in [-0.4, -0.2) is 108 Å². The summed E-state index contributed by atoms with van der Waals surface area (Å²) in [6.07, 6.45) is 7.96. The summed E-state index contributed by atoms with van der Waals surface area (Å²) < 4.78 is 24.9. The molecule has 2 saturated heterocycles. The number of rotatable bonds is 11. The standard InChI is InChI=1S/C28H35N7O3.C19H25N7O2/c1-17(20-8-10-23(37-7)11-9-20)33-15-21(12-26(33)36)18(2)38-27-31-24(13-25-30-19(3)32-35(25)27)22-14-29-34(16-22)28(4,5)6;1-11(13-6-17(27)20-8-13)28-18-23-15(7-16-22-12(2)24-26(16)18)14-9-21-25(10-14)19(3,4)5/h8-11,13-14,16-18,21H,12,15H2,1-7H3;7,9-11,13H,6,8H2,1-5H3,(H,20,27)/t17-,18+,21+;11-,13-/m01/s1. The van der Waals surface area contributed by atoms with Gasteiger partial charge in [-0.3, -0.25) is 19.0 Å². The Hall–Kier alpha value is -6.92. The van der Waals surface area contributed by atoms with Crippen molar-refractivity contribution in [2.75, 3.05) is 20.2 Å². The molecule has 0 spiro atoms. The van der Waals surface area contributed by atoms with Crippen molar-refractivity contribution in [2.24, 2.45) is 11.8 Å². The van der Waals surface area contributed by atoms with E-state index in [4.69, 9.17) is 19.2 Å². The molecule has 9 rings (SSSR count). The highest BCUT2D eigenvalue weighted by Crippen LogP contribution is 2.33. The Morgan fingerprint density at radius 3 is 1.64 bits per heavy atom. The van der Waals surface area contributed by atoms with Crippen LogP contribution in [0.2, 0.25) is 0 Å². The number of benzene rings is 1. The molecule has 0 saturated carbocycles. The fourth-order valence-electron chi connectivity index (χ4n) is 8.03. The minimum absolute atomic E-state index is 0.0111. The summed E-state index contributed by atoms with van der Waals surface area (Å²) in [5.74, 6) is 2.34. The molecule has 66 heavy (non-hydrogen) atoms. The van der Waals surface area contributed by atoms with E-state index in [1.807, 2.05) is 90.8 Å². The lowest BCUT2D eigenvalue weighted by molar-refractivity contribution is -0.129. The Balaban J connectivity index is 0.000000188. The van der Waals surface area contributed by atoms with Crippen LogP contribution in [0.4, 0.5) is 0 Å². The number of aryl methyl sites for hydroxylation is 2. The van der Waals surface area contributed by atoms with Crippen LogP contribution >= 0.6 is 0 Å². The van der Waals surface area contributed by atoms with Gasteiger partial charge in [-0.15, -0.1) is 10.2 Å². The predicted octanol–water partition coefficient (Wildman–Crippen LogP) is 6.39. The zero-order chi connectivity index (χ0) is 47.2. The third kappa shape index (κ3) is 9.69. The van der Waals surface area contributed by atoms with Gasteiger partial charge in [0, 0.05) is 73.4 Å². The second-order valence-electron chi connectivity index (χ2n) is 19.3. The van der Waals surface area contributed by atoms with E-state index >= 15 is 0 Å². The third-order valence-corrected chi connectivity index (χ3v) is 12.1. The predicted molar refractivity (Wildman–Crippen MR) is 246 cm³/mol. The molecular weight excluding hydrogens is 841 g/mol. The SMILES string of the molecule is COc1ccc([C@H](C)N2C[C@H]([C@@H](C)Oc3nc(-c4cnn(C(C)(C)C)c4)cc4nc(C)nn34)CC2=O)cc1.Cc1nc2cc(-c3cnn(C(C)(C)C)c3)nc(O[C@H](C)[C@H]3CNC(=O)C3)n2n1. The fourth-order valence-corrected chi connectivity index (χ4v) is 8.03. The number of hydrogen-bond acceptors (Lipinski definition) is 13. The van der Waals surface area contributed by atoms with Crippen LogP contribution in [0.25, 0.3) is 33.8 Å². The number of nitrogens with zero attached hydrogens (tertiary/aromatic N) is 13. The Kier molecular flexibility index (Phi) is 12.3. The monoisotopic (exact) mass is 900 g/mol. The largest absolute Gasteiger partial charge is 0.497 e. The number of carbonyl (C=O) groups is 2. The lowest BCUT2D eigenvalue weighted by Gasteiger charge is -2.26. The van der Waals surface area contributed by atoms with Gasteiger partial charge in [-0.25, -0.2) is 9.97 Å². The molecule has 348 valence electrons. The van der Waals surface area contributed by atoms with E-state index in [0.717, 1.165) is 28.1 Å². The highest BCUT2D eigenvalue weighted by molar-refractivity contribution is 5.79. The first kappa shape index (κ1) is 45.6. The molecule has 2 amide bonds. The van der Waals surface area contributed by atoms with E-state index in [2.05, 4.69) is 89.1 Å². The van der Waals surface area contributed by atoms with Gasteiger partial charge in [-0.05, 0) is 93.9 Å². The van der Waals surface area contributed by atoms with Crippen molar-refractivity contribution >= 4 is 23.1 Å². The summed E-state index contributed by atoms with van der Waals surface area (Å²) in [7, 11) is 1.65. The molecule has 2 aliphatic heterocycles. The molecule has 0 aliphatic carbocycles. The number of likely N-dealkylation sites (tertiary alicyclic amines) is 1. The maximum absolute atomic E-state index is 13.0. The van der Waals surface area contributed by atoms with Gasteiger partial charge in [0.1, 0.15) is 29.6 Å². The van der Waals surface area contributed by atoms with E-state index < -0.39 is 0 Å². The van der Waals surface area contributed by atoms with Crippen molar-refractivity contribution in [1.29, 1.82) is 0 Å². The van der Waals surface area contributed by atoms with Crippen molar-refractivity contribution in [3.8, 4) is 40.3 Å². The van der Waals surface area contributed by atoms with Gasteiger partial charge in [0.25, 0.3) is 0 Å². The first-order chi connectivity index (χ1) is 31.2. The summed E-state index contributed by atoms with van der Waals surface area (Å²) in [6, 6.07) is 12.3. The average Bonchev–Trinajstić information content (AvgIpc) is 4.12. The number of nitrogens with one attached hydrogen (secondary N) is 1. The van der Waals surface area contributed by atoms with Crippen LogP contribution in [0.3, 0.4) is 0 Å². The summed E-state index contributed by atoms with van der Waals surface area (Å²) >= 11 is 0. The Bertz CT molecular complexity index is 2860. The number of fused-ring (bicyclic) bond motifs is 2. The number of aromatic nitrogens is 12. The van der Waals surface area contributed by atoms with Gasteiger partial charge in [0.2, 0.25) is 11.8 Å². The highest BCUT2D eigenvalue weighted by atomic mass is 16.5. The molecule has 0 bridgehead atoms. The number of hydrogen-bond donors (Lipinski definition) is 1. The van der Waals surface area contributed by atoms with Gasteiger partial charge >= 0.3 is 12.0 Å². The molecule has 8 heterocycles. The summed E-state index contributed by atoms with van der Waals surface area (Å²) in [5, 5.41) is 20.7. The molecule has 19 heteroatoms. The minimum Gasteiger partial charge on any atom is -0.497 e. The molecule has 0 radical (unpaired) electrons. The quantitative estimate of drug-likeness (QED) is 0.150. The normalized spacial score (nSPS) is 18.0. The van der Waals surface area contributed by atoms with Crippen LogP contribution < -0.4 is 19.5 Å². The van der Waals surface area contributed by atoms with E-state index in [1.54, 1.807) is 28.5 Å². The van der Waals surface area contributed by atoms with Crippen LogP contribution in [0.5, 0.6) is 17.8 Å². The Morgan fingerprint density at radius 1 is 0.697 bits per heavy atom. The zero-order valence-corrected chi connectivity index (χ0v) is 39.8. The number of ether oxygens (including phenoxy) is 3. The van der Waals surface area contributed by atoms with Crippen molar-refractivity contribution < 1.29 is 23.8 Å². The molecule has 1 aromatic carbocycles. The second kappa shape index (κ2) is 17.8. The van der Waals surface area contributed by atoms with Crippen molar-refractivity contribution in [3.05, 3.63) is 78.4 Å². The average molecular weight is 901 g/mol. The van der Waals surface area contributed by atoms with Crippen LogP contribution in [0.15, 0.2) is 61.2 Å². The zero-order valence-electron chi connectivity index (χ0n) is 39.8. The van der Waals surface area contributed by atoms with Crippen molar-refractivity contribution in [3.63, 3.8) is 0 Å². The van der Waals surface area contributed by atoms with Crippen LogP contribution in [-0.2, 0) is 20.7 Å². The van der Waals surface area contributed by atoms with Gasteiger partial charge in [-0.1, -0.05) is 12.1 Å². The number of carbonyl (C=O) groups excluding carboxylic acids is 2. The molecule has 6 aromatic heterocycles. The molecule has 2 fully saturated rings. The van der Waals surface area contributed by atoms with Gasteiger partial charge in [0.15, 0.2) is 11.3 Å². The first-order valence-electron chi connectivity index (χ1n) is 22.4. The summed E-state index contributed by atoms with van der Waals surface area (Å²) in [5.41, 5.74) is 5.29.